The number of anilines is 1. The molecule has 0 aliphatic carbocycles. The van der Waals surface area contributed by atoms with E-state index in [4.69, 9.17) is 16.3 Å². The summed E-state index contributed by atoms with van der Waals surface area (Å²) in [5.74, 6) is 0.0741. The number of hydrogen-bond acceptors (Lipinski definition) is 4. The van der Waals surface area contributed by atoms with Gasteiger partial charge in [0.1, 0.15) is 5.75 Å². The van der Waals surface area contributed by atoms with Crippen molar-refractivity contribution in [3.8, 4) is 5.75 Å². The van der Waals surface area contributed by atoms with E-state index in [9.17, 15) is 13.2 Å². The summed E-state index contributed by atoms with van der Waals surface area (Å²) in [6.07, 6.45) is 0. The number of ether oxygens (including phenoxy) is 1. The Bertz CT molecular complexity index is 881. The minimum atomic E-state index is -3.55. The van der Waals surface area contributed by atoms with Crippen molar-refractivity contribution in [2.24, 2.45) is 0 Å². The molecule has 2 aromatic rings. The molecule has 2 aromatic carbocycles. The molecule has 8 heteroatoms. The summed E-state index contributed by atoms with van der Waals surface area (Å²) in [5.41, 5.74) is 1.50. The third-order valence-electron chi connectivity index (χ3n) is 3.36. The lowest BCUT2D eigenvalue weighted by molar-refractivity contribution is -0.118. The van der Waals surface area contributed by atoms with Gasteiger partial charge >= 0.3 is 0 Å². The Hall–Kier alpha value is -2.09. The van der Waals surface area contributed by atoms with Gasteiger partial charge in [0.25, 0.3) is 5.91 Å². The number of carbonyl (C=O) groups excluding carboxylic acids is 1. The minimum Gasteiger partial charge on any atom is -0.484 e. The van der Waals surface area contributed by atoms with Crippen LogP contribution in [-0.4, -0.2) is 27.0 Å². The SMILES string of the molecule is Cc1cc(Cl)ccc1NC(=O)COc1ccc(S(=O)(=O)NC(C)C)cc1. The molecule has 0 fully saturated rings. The second-order valence-electron chi connectivity index (χ2n) is 6.04. The molecule has 6 nitrogen and oxygen atoms in total. The molecule has 0 radical (unpaired) electrons. The third kappa shape index (κ3) is 5.72. The van der Waals surface area contributed by atoms with Crippen LogP contribution in [0.4, 0.5) is 5.69 Å². The Balaban J connectivity index is 1.94. The van der Waals surface area contributed by atoms with Crippen LogP contribution in [-0.2, 0) is 14.8 Å². The lowest BCUT2D eigenvalue weighted by Gasteiger charge is -2.11. The summed E-state index contributed by atoms with van der Waals surface area (Å²) in [6.45, 7) is 5.14. The zero-order valence-electron chi connectivity index (χ0n) is 14.7. The molecule has 0 aliphatic heterocycles. The molecule has 0 aliphatic rings. The first-order valence-electron chi connectivity index (χ1n) is 7.98. The fourth-order valence-corrected chi connectivity index (χ4v) is 3.67. The van der Waals surface area contributed by atoms with Crippen molar-refractivity contribution in [1.82, 2.24) is 4.72 Å². The number of amides is 1. The molecule has 0 aromatic heterocycles. The summed E-state index contributed by atoms with van der Waals surface area (Å²) >= 11 is 5.88. The zero-order chi connectivity index (χ0) is 19.3. The molecular formula is C18H21ClN2O4S. The van der Waals surface area contributed by atoms with Gasteiger partial charge in [-0.3, -0.25) is 4.79 Å². The average Bonchev–Trinajstić information content (AvgIpc) is 2.55. The van der Waals surface area contributed by atoms with Gasteiger partial charge < -0.3 is 10.1 Å². The highest BCUT2D eigenvalue weighted by Gasteiger charge is 2.15. The maximum absolute atomic E-state index is 12.1. The number of halogens is 1. The van der Waals surface area contributed by atoms with Gasteiger partial charge in [-0.05, 0) is 68.8 Å². The van der Waals surface area contributed by atoms with E-state index >= 15 is 0 Å². The van der Waals surface area contributed by atoms with Gasteiger partial charge in [0.2, 0.25) is 10.0 Å². The van der Waals surface area contributed by atoms with E-state index in [1.165, 1.54) is 24.3 Å². The van der Waals surface area contributed by atoms with Crippen LogP contribution in [0.15, 0.2) is 47.4 Å². The van der Waals surface area contributed by atoms with Gasteiger partial charge in [-0.1, -0.05) is 11.6 Å². The molecule has 0 bridgehead atoms. The van der Waals surface area contributed by atoms with Crippen molar-refractivity contribution < 1.29 is 17.9 Å². The zero-order valence-corrected chi connectivity index (χ0v) is 16.3. The summed E-state index contributed by atoms with van der Waals surface area (Å²) < 4.78 is 32.0. The summed E-state index contributed by atoms with van der Waals surface area (Å²) in [4.78, 5) is 12.1. The lowest BCUT2D eigenvalue weighted by atomic mass is 10.2. The predicted octanol–water partition coefficient (Wildman–Crippen LogP) is 3.35. The molecule has 2 rings (SSSR count). The summed E-state index contributed by atoms with van der Waals surface area (Å²) in [7, 11) is -3.55. The minimum absolute atomic E-state index is 0.139. The monoisotopic (exact) mass is 396 g/mol. The van der Waals surface area contributed by atoms with Gasteiger partial charge in [-0.2, -0.15) is 0 Å². The van der Waals surface area contributed by atoms with E-state index in [0.717, 1.165) is 5.56 Å². The van der Waals surface area contributed by atoms with Crippen molar-refractivity contribution in [2.45, 2.75) is 31.7 Å². The topological polar surface area (TPSA) is 84.5 Å². The first kappa shape index (κ1) is 20.2. The van der Waals surface area contributed by atoms with Gasteiger partial charge in [-0.15, -0.1) is 0 Å². The molecule has 0 atom stereocenters. The van der Waals surface area contributed by atoms with Crippen molar-refractivity contribution in [3.63, 3.8) is 0 Å². The molecular weight excluding hydrogens is 376 g/mol. The predicted molar refractivity (Wildman–Crippen MR) is 102 cm³/mol. The van der Waals surface area contributed by atoms with Gasteiger partial charge in [0.05, 0.1) is 4.90 Å². The second-order valence-corrected chi connectivity index (χ2v) is 8.19. The van der Waals surface area contributed by atoms with Crippen LogP contribution in [0.25, 0.3) is 0 Å². The van der Waals surface area contributed by atoms with Crippen LogP contribution in [0.3, 0.4) is 0 Å². The summed E-state index contributed by atoms with van der Waals surface area (Å²) in [5, 5.41) is 3.33. The van der Waals surface area contributed by atoms with Crippen LogP contribution in [0, 0.1) is 6.92 Å². The van der Waals surface area contributed by atoms with E-state index in [2.05, 4.69) is 10.0 Å². The smallest absolute Gasteiger partial charge is 0.262 e. The number of nitrogens with one attached hydrogen (secondary N) is 2. The molecule has 2 N–H and O–H groups in total. The van der Waals surface area contributed by atoms with Crippen molar-refractivity contribution in [2.75, 3.05) is 11.9 Å². The Morgan fingerprint density at radius 2 is 1.81 bits per heavy atom. The number of aryl methyl sites for hydroxylation is 1. The normalized spacial score (nSPS) is 11.4. The van der Waals surface area contributed by atoms with Crippen LogP contribution < -0.4 is 14.8 Å². The van der Waals surface area contributed by atoms with E-state index in [1.807, 2.05) is 6.92 Å². The van der Waals surface area contributed by atoms with Crippen LogP contribution in [0.2, 0.25) is 5.02 Å². The highest BCUT2D eigenvalue weighted by atomic mass is 35.5. The standard InChI is InChI=1S/C18H21ClN2O4S/c1-12(2)21-26(23,24)16-7-5-15(6-8-16)25-11-18(22)20-17-9-4-14(19)10-13(17)3/h4-10,12,21H,11H2,1-3H3,(H,20,22). The van der Waals surface area contributed by atoms with Crippen molar-refractivity contribution >= 4 is 33.2 Å². The average molecular weight is 397 g/mol. The molecule has 1 amide bonds. The highest BCUT2D eigenvalue weighted by Crippen LogP contribution is 2.20. The molecule has 0 spiro atoms. The number of carbonyl (C=O) groups is 1. The Morgan fingerprint density at radius 1 is 1.15 bits per heavy atom. The molecule has 0 heterocycles. The fourth-order valence-electron chi connectivity index (χ4n) is 2.20. The maximum atomic E-state index is 12.1. The molecule has 0 saturated carbocycles. The molecule has 140 valence electrons. The third-order valence-corrected chi connectivity index (χ3v) is 5.27. The second kappa shape index (κ2) is 8.53. The van der Waals surface area contributed by atoms with E-state index in [0.29, 0.717) is 16.5 Å². The van der Waals surface area contributed by atoms with E-state index in [-0.39, 0.29) is 23.5 Å². The first-order chi connectivity index (χ1) is 12.2. The largest absolute Gasteiger partial charge is 0.484 e. The summed E-state index contributed by atoms with van der Waals surface area (Å²) in [6, 6.07) is 10.8. The van der Waals surface area contributed by atoms with Crippen LogP contribution in [0.5, 0.6) is 5.75 Å². The van der Waals surface area contributed by atoms with Gasteiger partial charge in [0.15, 0.2) is 6.61 Å². The lowest BCUT2D eigenvalue weighted by Crippen LogP contribution is -2.30. The van der Waals surface area contributed by atoms with Crippen molar-refractivity contribution in [1.29, 1.82) is 0 Å². The van der Waals surface area contributed by atoms with Gasteiger partial charge in [-0.25, -0.2) is 13.1 Å². The van der Waals surface area contributed by atoms with Crippen LogP contribution in [0.1, 0.15) is 19.4 Å². The van der Waals surface area contributed by atoms with Crippen molar-refractivity contribution in [3.05, 3.63) is 53.1 Å². The maximum Gasteiger partial charge on any atom is 0.262 e. The Kier molecular flexibility index (Phi) is 6.63. The highest BCUT2D eigenvalue weighted by molar-refractivity contribution is 7.89. The molecule has 0 saturated heterocycles. The quantitative estimate of drug-likeness (QED) is 0.751. The number of hydrogen-bond donors (Lipinski definition) is 2. The van der Waals surface area contributed by atoms with E-state index in [1.54, 1.807) is 32.0 Å². The first-order valence-corrected chi connectivity index (χ1v) is 9.84. The Morgan fingerprint density at radius 3 is 2.38 bits per heavy atom. The molecule has 26 heavy (non-hydrogen) atoms. The van der Waals surface area contributed by atoms with Gasteiger partial charge in [0, 0.05) is 16.8 Å². The molecule has 0 unspecified atom stereocenters. The number of rotatable bonds is 7. The Labute approximate surface area is 158 Å². The van der Waals surface area contributed by atoms with Crippen LogP contribution >= 0.6 is 11.6 Å². The number of sulfonamides is 1. The number of benzene rings is 2. The fraction of sp³-hybridized carbons (Fsp3) is 0.278. The van der Waals surface area contributed by atoms with E-state index < -0.39 is 10.0 Å².